The number of carboxylic acid groups (broad SMARTS) is 1. The zero-order valence-corrected chi connectivity index (χ0v) is 11.4. The molecular weight excluding hydrogens is 280 g/mol. The van der Waals surface area contributed by atoms with E-state index in [0.717, 1.165) is 0 Å². The number of aromatic nitrogens is 1. The molecule has 1 heterocycles. The van der Waals surface area contributed by atoms with E-state index in [2.05, 4.69) is 10.3 Å². The zero-order valence-electron chi connectivity index (χ0n) is 10.6. The van der Waals surface area contributed by atoms with Crippen molar-refractivity contribution in [2.45, 2.75) is 13.3 Å². The molecule has 0 fully saturated rings. The molecule has 0 spiro atoms. The third kappa shape index (κ3) is 3.33. The number of phenolic OH excluding ortho intramolecular Hbond substituents is 1. The van der Waals surface area contributed by atoms with Crippen molar-refractivity contribution in [3.05, 3.63) is 40.4 Å². The first-order valence-electron chi connectivity index (χ1n) is 5.73. The van der Waals surface area contributed by atoms with Gasteiger partial charge in [0.1, 0.15) is 5.75 Å². The van der Waals surface area contributed by atoms with E-state index in [1.54, 1.807) is 12.3 Å². The summed E-state index contributed by atoms with van der Waals surface area (Å²) in [5, 5.41) is 22.5. The third-order valence-electron chi connectivity index (χ3n) is 2.56. The fourth-order valence-electron chi connectivity index (χ4n) is 1.67. The first kappa shape index (κ1) is 14.0. The maximum Gasteiger partial charge on any atom is 0.309 e. The molecule has 0 aliphatic carbocycles. The number of hydrogen-bond donors (Lipinski definition) is 3. The van der Waals surface area contributed by atoms with Crippen molar-refractivity contribution < 1.29 is 19.8 Å². The summed E-state index contributed by atoms with van der Waals surface area (Å²) in [7, 11) is 0. The van der Waals surface area contributed by atoms with Gasteiger partial charge in [-0.15, -0.1) is 11.3 Å². The number of carbonyl (C=O) groups is 2. The molecule has 1 aromatic carbocycles. The number of aryl methyl sites for hydroxylation is 1. The van der Waals surface area contributed by atoms with Crippen LogP contribution >= 0.6 is 11.3 Å². The predicted molar refractivity (Wildman–Crippen MR) is 74.3 cm³/mol. The largest absolute Gasteiger partial charge is 0.508 e. The zero-order chi connectivity index (χ0) is 14.7. The molecule has 0 bridgehead atoms. The van der Waals surface area contributed by atoms with Crippen molar-refractivity contribution in [1.82, 2.24) is 4.98 Å². The highest BCUT2D eigenvalue weighted by atomic mass is 32.1. The van der Waals surface area contributed by atoms with Crippen molar-refractivity contribution in [1.29, 1.82) is 0 Å². The highest BCUT2D eigenvalue weighted by Crippen LogP contribution is 2.20. The van der Waals surface area contributed by atoms with Crippen LogP contribution in [-0.2, 0) is 11.2 Å². The van der Waals surface area contributed by atoms with Gasteiger partial charge in [-0.25, -0.2) is 4.98 Å². The summed E-state index contributed by atoms with van der Waals surface area (Å²) >= 11 is 1.17. The van der Waals surface area contributed by atoms with Crippen molar-refractivity contribution in [2.24, 2.45) is 0 Å². The SMILES string of the molecule is Cc1cc(O)ccc1C(=O)Nc1nc(CC(=O)O)cs1. The van der Waals surface area contributed by atoms with Crippen LogP contribution in [0.2, 0.25) is 0 Å². The molecule has 0 radical (unpaired) electrons. The van der Waals surface area contributed by atoms with Crippen LogP contribution in [0.25, 0.3) is 0 Å². The van der Waals surface area contributed by atoms with Gasteiger partial charge in [0.25, 0.3) is 5.91 Å². The molecule has 1 aromatic heterocycles. The summed E-state index contributed by atoms with van der Waals surface area (Å²) in [6.07, 6.45) is -0.176. The number of amides is 1. The molecule has 2 rings (SSSR count). The van der Waals surface area contributed by atoms with Crippen LogP contribution in [0.15, 0.2) is 23.6 Å². The first-order chi connectivity index (χ1) is 9.45. The Labute approximate surface area is 118 Å². The highest BCUT2D eigenvalue weighted by molar-refractivity contribution is 7.14. The van der Waals surface area contributed by atoms with Crippen LogP contribution in [-0.4, -0.2) is 27.1 Å². The molecule has 0 atom stereocenters. The van der Waals surface area contributed by atoms with Crippen molar-refractivity contribution in [2.75, 3.05) is 5.32 Å². The quantitative estimate of drug-likeness (QED) is 0.800. The average molecular weight is 292 g/mol. The van der Waals surface area contributed by atoms with E-state index in [9.17, 15) is 14.7 Å². The summed E-state index contributed by atoms with van der Waals surface area (Å²) in [6.45, 7) is 1.71. The van der Waals surface area contributed by atoms with E-state index in [0.29, 0.717) is 22.0 Å². The summed E-state index contributed by atoms with van der Waals surface area (Å²) < 4.78 is 0. The molecule has 20 heavy (non-hydrogen) atoms. The topological polar surface area (TPSA) is 99.5 Å². The number of aliphatic carboxylic acids is 1. The van der Waals surface area contributed by atoms with Gasteiger partial charge in [-0.05, 0) is 30.7 Å². The van der Waals surface area contributed by atoms with Gasteiger partial charge in [0.05, 0.1) is 12.1 Å². The molecule has 0 aliphatic heterocycles. The van der Waals surface area contributed by atoms with Crippen LogP contribution in [0.1, 0.15) is 21.6 Å². The fraction of sp³-hybridized carbons (Fsp3) is 0.154. The number of anilines is 1. The number of nitrogens with zero attached hydrogens (tertiary/aromatic N) is 1. The molecule has 0 aliphatic rings. The summed E-state index contributed by atoms with van der Waals surface area (Å²) in [5.41, 5.74) is 1.47. The van der Waals surface area contributed by atoms with Crippen LogP contribution in [0, 0.1) is 6.92 Å². The lowest BCUT2D eigenvalue weighted by Gasteiger charge is -2.05. The van der Waals surface area contributed by atoms with Gasteiger partial charge in [-0.3, -0.25) is 14.9 Å². The molecule has 6 nitrogen and oxygen atoms in total. The molecule has 3 N–H and O–H groups in total. The number of thiazole rings is 1. The Morgan fingerprint density at radius 1 is 1.40 bits per heavy atom. The van der Waals surface area contributed by atoms with E-state index in [1.807, 2.05) is 0 Å². The lowest BCUT2D eigenvalue weighted by Crippen LogP contribution is -2.13. The number of phenols is 1. The van der Waals surface area contributed by atoms with Crippen molar-refractivity contribution >= 4 is 28.3 Å². The fourth-order valence-corrected chi connectivity index (χ4v) is 2.37. The number of carboxylic acids is 1. The van der Waals surface area contributed by atoms with Crippen molar-refractivity contribution in [3.8, 4) is 5.75 Å². The number of rotatable bonds is 4. The van der Waals surface area contributed by atoms with Gasteiger partial charge in [0.2, 0.25) is 0 Å². The maximum atomic E-state index is 12.0. The first-order valence-corrected chi connectivity index (χ1v) is 6.61. The van der Waals surface area contributed by atoms with E-state index in [1.165, 1.54) is 29.5 Å². The summed E-state index contributed by atoms with van der Waals surface area (Å²) in [5.74, 6) is -1.22. The number of hydrogen-bond acceptors (Lipinski definition) is 5. The molecule has 0 saturated carbocycles. The number of benzene rings is 1. The summed E-state index contributed by atoms with van der Waals surface area (Å²) in [4.78, 5) is 26.6. The van der Waals surface area contributed by atoms with Gasteiger partial charge in [-0.1, -0.05) is 0 Å². The maximum absolute atomic E-state index is 12.0. The normalized spacial score (nSPS) is 10.2. The van der Waals surface area contributed by atoms with Gasteiger partial charge >= 0.3 is 5.97 Å². The van der Waals surface area contributed by atoms with Crippen LogP contribution in [0.5, 0.6) is 5.75 Å². The predicted octanol–water partition coefficient (Wildman–Crippen LogP) is 2.04. The van der Waals surface area contributed by atoms with Crippen LogP contribution in [0.3, 0.4) is 0 Å². The van der Waals surface area contributed by atoms with Gasteiger partial charge in [-0.2, -0.15) is 0 Å². The number of nitrogens with one attached hydrogen (secondary N) is 1. The van der Waals surface area contributed by atoms with Crippen LogP contribution in [0.4, 0.5) is 5.13 Å². The molecule has 1 amide bonds. The standard InChI is InChI=1S/C13H12N2O4S/c1-7-4-9(16)2-3-10(7)12(19)15-13-14-8(6-20-13)5-11(17)18/h2-4,6,16H,5H2,1H3,(H,17,18)(H,14,15,19). The van der Waals surface area contributed by atoms with Gasteiger partial charge in [0, 0.05) is 10.9 Å². The molecule has 0 unspecified atom stereocenters. The van der Waals surface area contributed by atoms with Crippen LogP contribution < -0.4 is 5.32 Å². The Morgan fingerprint density at radius 3 is 2.80 bits per heavy atom. The monoisotopic (exact) mass is 292 g/mol. The summed E-state index contributed by atoms with van der Waals surface area (Å²) in [6, 6.07) is 4.44. The molecule has 104 valence electrons. The lowest BCUT2D eigenvalue weighted by molar-refractivity contribution is -0.136. The Bertz CT molecular complexity index is 666. The van der Waals surface area contributed by atoms with E-state index < -0.39 is 5.97 Å². The minimum atomic E-state index is -0.970. The smallest absolute Gasteiger partial charge is 0.309 e. The van der Waals surface area contributed by atoms with E-state index in [4.69, 9.17) is 5.11 Å². The Kier molecular flexibility index (Phi) is 3.99. The average Bonchev–Trinajstić information content (AvgIpc) is 2.75. The second kappa shape index (κ2) is 5.70. The van der Waals surface area contributed by atoms with E-state index in [-0.39, 0.29) is 18.1 Å². The molecule has 7 heteroatoms. The molecule has 2 aromatic rings. The third-order valence-corrected chi connectivity index (χ3v) is 3.37. The van der Waals surface area contributed by atoms with Crippen molar-refractivity contribution in [3.63, 3.8) is 0 Å². The molecular formula is C13H12N2O4S. The lowest BCUT2D eigenvalue weighted by atomic mass is 10.1. The number of aromatic hydroxyl groups is 1. The number of carbonyl (C=O) groups excluding carboxylic acids is 1. The second-order valence-corrected chi connectivity index (χ2v) is 5.03. The molecule has 0 saturated heterocycles. The van der Waals surface area contributed by atoms with Gasteiger partial charge in [0.15, 0.2) is 5.13 Å². The highest BCUT2D eigenvalue weighted by Gasteiger charge is 2.12. The second-order valence-electron chi connectivity index (χ2n) is 4.17. The van der Waals surface area contributed by atoms with Gasteiger partial charge < -0.3 is 10.2 Å². The minimum Gasteiger partial charge on any atom is -0.508 e. The Hall–Kier alpha value is -2.41. The van der Waals surface area contributed by atoms with E-state index >= 15 is 0 Å². The minimum absolute atomic E-state index is 0.0945. The Balaban J connectivity index is 2.11. The Morgan fingerprint density at radius 2 is 2.15 bits per heavy atom.